The fourth-order valence-electron chi connectivity index (χ4n) is 7.12. The number of carbonyl (C=O) groups excluding carboxylic acids is 1. The molecule has 5 aromatic rings. The normalized spacial score (nSPS) is 19.0. The highest BCUT2D eigenvalue weighted by atomic mass is 16.5. The first-order valence-electron chi connectivity index (χ1n) is 17.2. The van der Waals surface area contributed by atoms with E-state index in [1.165, 1.54) is 0 Å². The molecule has 3 heterocycles. The van der Waals surface area contributed by atoms with Gasteiger partial charge < -0.3 is 24.8 Å². The van der Waals surface area contributed by atoms with Gasteiger partial charge in [-0.15, -0.1) is 0 Å². The second-order valence-corrected chi connectivity index (χ2v) is 13.2. The van der Waals surface area contributed by atoms with E-state index < -0.39 is 11.9 Å². The van der Waals surface area contributed by atoms with Gasteiger partial charge in [-0.3, -0.25) is 18.7 Å². The zero-order valence-corrected chi connectivity index (χ0v) is 28.0. The molecular formula is C39H41N5O6. The summed E-state index contributed by atoms with van der Waals surface area (Å²) >= 11 is 0. The van der Waals surface area contributed by atoms with Gasteiger partial charge in [-0.1, -0.05) is 66.7 Å². The summed E-state index contributed by atoms with van der Waals surface area (Å²) in [5, 5.41) is 13.0. The summed E-state index contributed by atoms with van der Waals surface area (Å²) < 4.78 is 15.6. The van der Waals surface area contributed by atoms with Crippen molar-refractivity contribution in [3.05, 3.63) is 113 Å². The number of para-hydroxylation sites is 1. The monoisotopic (exact) mass is 675 g/mol. The molecule has 0 unspecified atom stereocenters. The summed E-state index contributed by atoms with van der Waals surface area (Å²) in [7, 11) is 1.76. The highest BCUT2D eigenvalue weighted by molar-refractivity contribution is 5.90. The molecule has 0 radical (unpaired) electrons. The molecule has 11 nitrogen and oxygen atoms in total. The van der Waals surface area contributed by atoms with Crippen molar-refractivity contribution in [2.75, 3.05) is 18.4 Å². The Labute approximate surface area is 290 Å². The summed E-state index contributed by atoms with van der Waals surface area (Å²) in [6.45, 7) is 1.42. The smallest absolute Gasteiger partial charge is 0.333 e. The van der Waals surface area contributed by atoms with Crippen LogP contribution in [-0.2, 0) is 29.9 Å². The second-order valence-electron chi connectivity index (χ2n) is 13.2. The van der Waals surface area contributed by atoms with Crippen LogP contribution in [-0.4, -0.2) is 55.1 Å². The summed E-state index contributed by atoms with van der Waals surface area (Å²) in [5.41, 5.74) is 4.54. The molecule has 1 saturated carbocycles. The van der Waals surface area contributed by atoms with Gasteiger partial charge in [-0.2, -0.15) is 4.98 Å². The van der Waals surface area contributed by atoms with E-state index in [9.17, 15) is 19.5 Å². The van der Waals surface area contributed by atoms with Crippen molar-refractivity contribution in [1.29, 1.82) is 0 Å². The number of nitrogens with zero attached hydrogens (tertiary/aromatic N) is 4. The lowest BCUT2D eigenvalue weighted by Crippen LogP contribution is -2.38. The zero-order valence-electron chi connectivity index (χ0n) is 28.0. The third kappa shape index (κ3) is 6.94. The Morgan fingerprint density at radius 2 is 1.50 bits per heavy atom. The van der Waals surface area contributed by atoms with E-state index in [2.05, 4.69) is 5.32 Å². The van der Waals surface area contributed by atoms with Crippen molar-refractivity contribution in [3.8, 4) is 17.4 Å². The van der Waals surface area contributed by atoms with Gasteiger partial charge in [0.25, 0.3) is 0 Å². The van der Waals surface area contributed by atoms with E-state index >= 15 is 0 Å². The number of aromatic nitrogens is 3. The van der Waals surface area contributed by atoms with Crippen molar-refractivity contribution in [3.63, 3.8) is 0 Å². The molecule has 11 heteroatoms. The first-order valence-corrected chi connectivity index (χ1v) is 17.2. The number of likely N-dealkylation sites (tertiary alicyclic amines) is 1. The molecule has 1 aliphatic carbocycles. The van der Waals surface area contributed by atoms with Crippen LogP contribution >= 0.6 is 0 Å². The number of imidazole rings is 1. The van der Waals surface area contributed by atoms with Gasteiger partial charge in [0.05, 0.1) is 22.6 Å². The number of amides is 1. The van der Waals surface area contributed by atoms with Crippen molar-refractivity contribution in [2.45, 2.75) is 51.4 Å². The summed E-state index contributed by atoms with van der Waals surface area (Å²) in [6, 6.07) is 29.2. The predicted molar refractivity (Wildman–Crippen MR) is 190 cm³/mol. The van der Waals surface area contributed by atoms with Gasteiger partial charge in [0.2, 0.25) is 17.7 Å². The first kappa shape index (κ1) is 32.9. The van der Waals surface area contributed by atoms with Crippen LogP contribution in [0.15, 0.2) is 95.8 Å². The molecule has 1 atom stereocenters. The van der Waals surface area contributed by atoms with Gasteiger partial charge >= 0.3 is 11.7 Å². The lowest BCUT2D eigenvalue weighted by molar-refractivity contribution is -0.141. The number of carboxylic acids is 1. The number of fused-ring (bicyclic) bond motifs is 1. The minimum Gasteiger partial charge on any atom is -0.481 e. The third-order valence-electron chi connectivity index (χ3n) is 9.86. The van der Waals surface area contributed by atoms with Crippen LogP contribution in [0, 0.1) is 11.8 Å². The largest absolute Gasteiger partial charge is 0.481 e. The molecule has 1 aliphatic heterocycles. The number of nitrogens with one attached hydrogen (secondary N) is 1. The molecule has 3 aromatic carbocycles. The number of pyridine rings is 1. The molecule has 258 valence electrons. The van der Waals surface area contributed by atoms with Crippen LogP contribution in [0.3, 0.4) is 0 Å². The predicted octanol–water partition coefficient (Wildman–Crippen LogP) is 5.79. The number of hydrogen-bond donors (Lipinski definition) is 2. The van der Waals surface area contributed by atoms with E-state index in [1.807, 2.05) is 84.9 Å². The number of aryl methyl sites for hydroxylation is 1. The van der Waals surface area contributed by atoms with Gasteiger partial charge in [0, 0.05) is 38.2 Å². The van der Waals surface area contributed by atoms with Gasteiger partial charge in [0.1, 0.15) is 18.9 Å². The van der Waals surface area contributed by atoms with E-state index in [0.717, 1.165) is 48.0 Å². The fourth-order valence-corrected chi connectivity index (χ4v) is 7.12. The number of hydrogen-bond acceptors (Lipinski definition) is 7. The average molecular weight is 676 g/mol. The number of ether oxygens (including phenoxy) is 2. The molecule has 2 N–H and O–H groups in total. The lowest BCUT2D eigenvalue weighted by atomic mass is 9.85. The Kier molecular flexibility index (Phi) is 9.55. The molecule has 0 bridgehead atoms. The molecule has 1 amide bonds. The van der Waals surface area contributed by atoms with Gasteiger partial charge in [-0.05, 0) is 61.4 Å². The number of aliphatic carboxylic acids is 1. The number of rotatable bonds is 11. The van der Waals surface area contributed by atoms with Crippen LogP contribution in [0.25, 0.3) is 16.7 Å². The number of benzene rings is 3. The van der Waals surface area contributed by atoms with E-state index in [1.54, 1.807) is 27.1 Å². The SMILES string of the molecule is Cn1c(=O)n(-c2ccc(OCc3ccccc3)nc2OCc2ccccc2)c2cccc(NC3CCC(C(=O)N4CC[C@@H](C(=O)O)C4)CC3)c21. The number of carboxylic acid groups (broad SMARTS) is 1. The van der Waals surface area contributed by atoms with Gasteiger partial charge in [-0.25, -0.2) is 4.79 Å². The summed E-state index contributed by atoms with van der Waals surface area (Å²) in [4.78, 5) is 45.0. The molecule has 0 spiro atoms. The number of carbonyl (C=O) groups is 2. The minimum atomic E-state index is -0.831. The standard InChI is InChI=1S/C39H41N5O6/c1-42-35-31(40-30-17-15-28(16-18-30)37(45)43-22-21-29(23-43)38(46)47)13-8-14-32(35)44(39(42)48)33-19-20-34(49-24-26-9-4-2-5-10-26)41-36(33)50-25-27-11-6-3-7-12-27/h2-14,19-20,28-30,40H,15-18,21-25H2,1H3,(H,46,47)/t28?,29-,30?/m1/s1. The van der Waals surface area contributed by atoms with Crippen molar-refractivity contribution >= 4 is 28.6 Å². The highest BCUT2D eigenvalue weighted by Crippen LogP contribution is 2.34. The quantitative estimate of drug-likeness (QED) is 0.180. The zero-order chi connectivity index (χ0) is 34.6. The fraction of sp³-hybridized carbons (Fsp3) is 0.333. The van der Waals surface area contributed by atoms with Crippen molar-refractivity contribution in [2.24, 2.45) is 18.9 Å². The van der Waals surface area contributed by atoms with E-state index in [0.29, 0.717) is 43.2 Å². The van der Waals surface area contributed by atoms with Crippen molar-refractivity contribution in [1.82, 2.24) is 19.0 Å². The summed E-state index contributed by atoms with van der Waals surface area (Å²) in [6.07, 6.45) is 3.57. The Bertz CT molecular complexity index is 2040. The Morgan fingerprint density at radius 3 is 2.16 bits per heavy atom. The summed E-state index contributed by atoms with van der Waals surface area (Å²) in [5.74, 6) is -0.653. The maximum absolute atomic E-state index is 14.0. The molecule has 2 fully saturated rings. The second kappa shape index (κ2) is 14.5. The van der Waals surface area contributed by atoms with Crippen LogP contribution in [0.4, 0.5) is 5.69 Å². The van der Waals surface area contributed by atoms with Crippen LogP contribution in [0.5, 0.6) is 11.8 Å². The average Bonchev–Trinajstić information content (AvgIpc) is 3.75. The highest BCUT2D eigenvalue weighted by Gasteiger charge is 2.35. The van der Waals surface area contributed by atoms with Crippen LogP contribution in [0.1, 0.15) is 43.2 Å². The molecule has 50 heavy (non-hydrogen) atoms. The molecule has 7 rings (SSSR count). The van der Waals surface area contributed by atoms with Crippen LogP contribution in [0.2, 0.25) is 0 Å². The topological polar surface area (TPSA) is 128 Å². The lowest BCUT2D eigenvalue weighted by Gasteiger charge is -2.31. The Balaban J connectivity index is 1.12. The maximum atomic E-state index is 14.0. The molecular weight excluding hydrogens is 634 g/mol. The van der Waals surface area contributed by atoms with E-state index in [-0.39, 0.29) is 36.0 Å². The molecule has 2 aliphatic rings. The number of anilines is 1. The third-order valence-corrected chi connectivity index (χ3v) is 9.86. The maximum Gasteiger partial charge on any atom is 0.333 e. The Morgan fingerprint density at radius 1 is 0.820 bits per heavy atom. The van der Waals surface area contributed by atoms with Crippen LogP contribution < -0.4 is 20.5 Å². The van der Waals surface area contributed by atoms with E-state index in [4.69, 9.17) is 14.5 Å². The first-order chi connectivity index (χ1) is 24.4. The Hall–Kier alpha value is -5.58. The molecule has 1 saturated heterocycles. The minimum absolute atomic E-state index is 0.0733. The van der Waals surface area contributed by atoms with Crippen molar-refractivity contribution < 1.29 is 24.2 Å². The van der Waals surface area contributed by atoms with Gasteiger partial charge in [0.15, 0.2) is 0 Å². The molecule has 2 aromatic heterocycles.